The first kappa shape index (κ1) is 23.3. The van der Waals surface area contributed by atoms with Crippen LogP contribution in [0, 0.1) is 0 Å². The number of nitrogens with zero attached hydrogens (tertiary/aromatic N) is 4. The van der Waals surface area contributed by atoms with Gasteiger partial charge >= 0.3 is 0 Å². The maximum atomic E-state index is 13.5. The van der Waals surface area contributed by atoms with Crippen LogP contribution in [0.3, 0.4) is 0 Å². The highest BCUT2D eigenvalue weighted by Gasteiger charge is 2.29. The van der Waals surface area contributed by atoms with Gasteiger partial charge in [-0.15, -0.1) is 11.3 Å². The number of benzene rings is 2. The fourth-order valence-corrected chi connectivity index (χ4v) is 4.79. The molecule has 0 aliphatic carbocycles. The highest BCUT2D eigenvalue weighted by atomic mass is 79.9. The van der Waals surface area contributed by atoms with Crippen molar-refractivity contribution in [3.63, 3.8) is 0 Å². The molecule has 0 saturated heterocycles. The third kappa shape index (κ3) is 4.90. The molecule has 7 nitrogen and oxygen atoms in total. The molecule has 2 aromatic heterocycles. The molecular formula is C24H24BrN5O2S. The number of rotatable bonds is 8. The van der Waals surface area contributed by atoms with Crippen LogP contribution in [0.5, 0.6) is 0 Å². The van der Waals surface area contributed by atoms with Crippen molar-refractivity contribution in [1.82, 2.24) is 19.4 Å². The third-order valence-electron chi connectivity index (χ3n) is 5.46. The summed E-state index contributed by atoms with van der Waals surface area (Å²) in [7, 11) is 0. The first-order valence-corrected chi connectivity index (χ1v) is 12.3. The Hall–Kier alpha value is -2.88. The molecule has 33 heavy (non-hydrogen) atoms. The van der Waals surface area contributed by atoms with E-state index in [1.54, 1.807) is 27.1 Å². The van der Waals surface area contributed by atoms with Gasteiger partial charge in [-0.3, -0.25) is 14.2 Å². The molecular weight excluding hydrogens is 502 g/mol. The summed E-state index contributed by atoms with van der Waals surface area (Å²) in [6.45, 7) is 2.97. The lowest BCUT2D eigenvalue weighted by Crippen LogP contribution is -2.41. The lowest BCUT2D eigenvalue weighted by atomic mass is 10.1. The molecule has 0 bridgehead atoms. The Balaban J connectivity index is 1.84. The normalized spacial score (nSPS) is 12.1. The van der Waals surface area contributed by atoms with Gasteiger partial charge in [0.1, 0.15) is 5.82 Å². The van der Waals surface area contributed by atoms with Crippen LogP contribution in [0.4, 0.5) is 0 Å². The number of carbonyl (C=O) groups is 1. The van der Waals surface area contributed by atoms with Gasteiger partial charge in [0, 0.05) is 23.1 Å². The van der Waals surface area contributed by atoms with Crippen molar-refractivity contribution in [3.05, 3.63) is 91.9 Å². The van der Waals surface area contributed by atoms with Crippen LogP contribution in [0.25, 0.3) is 10.3 Å². The Labute approximate surface area is 204 Å². The van der Waals surface area contributed by atoms with E-state index in [0.717, 1.165) is 10.0 Å². The van der Waals surface area contributed by atoms with E-state index in [-0.39, 0.29) is 11.5 Å². The summed E-state index contributed by atoms with van der Waals surface area (Å²) in [5, 5.41) is 0. The number of nitrogens with two attached hydrogens (primary N) is 1. The SMILES string of the molecule is CCC(c1nc2scnc2c(=O)n1Cc1ccccc1)N(CCN)C(=O)c1ccc(Br)cc1. The van der Waals surface area contributed by atoms with Crippen LogP contribution in [0.2, 0.25) is 0 Å². The minimum absolute atomic E-state index is 0.148. The average molecular weight is 526 g/mol. The minimum atomic E-state index is -0.424. The Morgan fingerprint density at radius 1 is 1.18 bits per heavy atom. The zero-order valence-corrected chi connectivity index (χ0v) is 20.6. The van der Waals surface area contributed by atoms with Crippen LogP contribution in [0.15, 0.2) is 69.4 Å². The summed E-state index contributed by atoms with van der Waals surface area (Å²) in [6, 6.07) is 16.5. The smallest absolute Gasteiger partial charge is 0.281 e. The lowest BCUT2D eigenvalue weighted by Gasteiger charge is -2.32. The first-order chi connectivity index (χ1) is 16.0. The molecule has 2 aromatic carbocycles. The summed E-state index contributed by atoms with van der Waals surface area (Å²) in [5.74, 6) is 0.395. The van der Waals surface area contributed by atoms with E-state index in [9.17, 15) is 9.59 Å². The number of thiazole rings is 1. The largest absolute Gasteiger partial charge is 0.329 e. The molecule has 0 fully saturated rings. The molecule has 1 amide bonds. The highest BCUT2D eigenvalue weighted by Crippen LogP contribution is 2.27. The van der Waals surface area contributed by atoms with E-state index in [2.05, 4.69) is 20.9 Å². The number of carbonyl (C=O) groups excluding carboxylic acids is 1. The second kappa shape index (κ2) is 10.4. The topological polar surface area (TPSA) is 94.1 Å². The monoisotopic (exact) mass is 525 g/mol. The number of halogens is 1. The molecule has 1 unspecified atom stereocenters. The van der Waals surface area contributed by atoms with Crippen LogP contribution >= 0.6 is 27.3 Å². The molecule has 2 N–H and O–H groups in total. The Morgan fingerprint density at radius 2 is 1.91 bits per heavy atom. The Bertz CT molecular complexity index is 1300. The summed E-state index contributed by atoms with van der Waals surface area (Å²) in [6.07, 6.45) is 0.577. The second-order valence-electron chi connectivity index (χ2n) is 7.57. The molecule has 0 spiro atoms. The van der Waals surface area contributed by atoms with Gasteiger partial charge in [0.25, 0.3) is 11.5 Å². The standard InChI is InChI=1S/C24H24BrN5O2S/c1-2-19(29(13-12-26)23(31)17-8-10-18(25)11-9-17)21-28-22-20(27-15-33-22)24(32)30(21)14-16-6-4-3-5-7-16/h3-11,15,19H,2,12-14,26H2,1H3. The molecule has 170 valence electrons. The van der Waals surface area contributed by atoms with Crippen molar-refractivity contribution in [3.8, 4) is 0 Å². The van der Waals surface area contributed by atoms with E-state index in [0.29, 0.717) is 47.8 Å². The minimum Gasteiger partial charge on any atom is -0.329 e. The van der Waals surface area contributed by atoms with Crippen molar-refractivity contribution >= 4 is 43.5 Å². The molecule has 2 heterocycles. The predicted octanol–water partition coefficient (Wildman–Crippen LogP) is 4.22. The third-order valence-corrected chi connectivity index (χ3v) is 6.70. The summed E-state index contributed by atoms with van der Waals surface area (Å²) < 4.78 is 2.54. The van der Waals surface area contributed by atoms with Crippen molar-refractivity contribution in [2.75, 3.05) is 13.1 Å². The van der Waals surface area contributed by atoms with Crippen LogP contribution in [-0.2, 0) is 6.54 Å². The van der Waals surface area contributed by atoms with Crippen LogP contribution < -0.4 is 11.3 Å². The number of hydrogen-bond donors (Lipinski definition) is 1. The number of fused-ring (bicyclic) bond motifs is 1. The number of hydrogen-bond acceptors (Lipinski definition) is 6. The molecule has 9 heteroatoms. The molecule has 4 rings (SSSR count). The van der Waals surface area contributed by atoms with Gasteiger partial charge in [-0.05, 0) is 36.2 Å². The van der Waals surface area contributed by atoms with Gasteiger partial charge in [-0.1, -0.05) is 53.2 Å². The van der Waals surface area contributed by atoms with Gasteiger partial charge < -0.3 is 10.6 Å². The maximum Gasteiger partial charge on any atom is 0.281 e. The maximum absolute atomic E-state index is 13.5. The van der Waals surface area contributed by atoms with Crippen molar-refractivity contribution in [2.45, 2.75) is 25.9 Å². The van der Waals surface area contributed by atoms with E-state index < -0.39 is 6.04 Å². The zero-order chi connectivity index (χ0) is 23.4. The first-order valence-electron chi connectivity index (χ1n) is 10.7. The molecule has 4 aromatic rings. The van der Waals surface area contributed by atoms with Gasteiger partial charge in [-0.2, -0.15) is 0 Å². The van der Waals surface area contributed by atoms with E-state index in [4.69, 9.17) is 10.7 Å². The van der Waals surface area contributed by atoms with Gasteiger partial charge in [-0.25, -0.2) is 9.97 Å². The zero-order valence-electron chi connectivity index (χ0n) is 18.1. The van der Waals surface area contributed by atoms with E-state index in [1.165, 1.54) is 11.3 Å². The summed E-state index contributed by atoms with van der Waals surface area (Å²) in [4.78, 5) is 38.3. The second-order valence-corrected chi connectivity index (χ2v) is 9.32. The predicted molar refractivity (Wildman–Crippen MR) is 134 cm³/mol. The molecule has 1 atom stereocenters. The van der Waals surface area contributed by atoms with Crippen molar-refractivity contribution < 1.29 is 4.79 Å². The molecule has 0 aliphatic heterocycles. The van der Waals surface area contributed by atoms with Gasteiger partial charge in [0.05, 0.1) is 18.1 Å². The fraction of sp³-hybridized carbons (Fsp3) is 0.250. The van der Waals surface area contributed by atoms with Gasteiger partial charge in [0.2, 0.25) is 0 Å². The van der Waals surface area contributed by atoms with Gasteiger partial charge in [0.15, 0.2) is 10.3 Å². The summed E-state index contributed by atoms with van der Waals surface area (Å²) in [5.41, 5.74) is 9.20. The summed E-state index contributed by atoms with van der Waals surface area (Å²) >= 11 is 4.73. The van der Waals surface area contributed by atoms with Crippen LogP contribution in [-0.4, -0.2) is 38.4 Å². The van der Waals surface area contributed by atoms with E-state index >= 15 is 0 Å². The average Bonchev–Trinajstić information content (AvgIpc) is 3.31. The lowest BCUT2D eigenvalue weighted by molar-refractivity contribution is 0.0664. The van der Waals surface area contributed by atoms with Crippen molar-refractivity contribution in [2.24, 2.45) is 5.73 Å². The van der Waals surface area contributed by atoms with Crippen LogP contribution in [0.1, 0.15) is 41.1 Å². The number of aromatic nitrogens is 3. The fourth-order valence-electron chi connectivity index (χ4n) is 3.87. The highest BCUT2D eigenvalue weighted by molar-refractivity contribution is 9.10. The van der Waals surface area contributed by atoms with Crippen molar-refractivity contribution in [1.29, 1.82) is 0 Å². The number of amides is 1. The molecule has 0 radical (unpaired) electrons. The van der Waals surface area contributed by atoms with E-state index in [1.807, 2.05) is 49.4 Å². The Morgan fingerprint density at radius 3 is 2.58 bits per heavy atom. The molecule has 0 aliphatic rings. The molecule has 0 saturated carbocycles. The Kier molecular flexibility index (Phi) is 7.32. The quantitative estimate of drug-likeness (QED) is 0.371.